The molecule has 2 aromatic heterocycles. The number of piperazine rings is 1. The van der Waals surface area contributed by atoms with Crippen molar-refractivity contribution in [3.63, 3.8) is 0 Å². The summed E-state index contributed by atoms with van der Waals surface area (Å²) in [6.07, 6.45) is 5.60. The van der Waals surface area contributed by atoms with E-state index in [4.69, 9.17) is 4.74 Å². The van der Waals surface area contributed by atoms with Crippen LogP contribution in [0, 0.1) is 0 Å². The van der Waals surface area contributed by atoms with Crippen LogP contribution in [-0.2, 0) is 11.3 Å². The van der Waals surface area contributed by atoms with Gasteiger partial charge < -0.3 is 19.9 Å². The number of aromatic nitrogens is 2. The van der Waals surface area contributed by atoms with Crippen molar-refractivity contribution in [2.45, 2.75) is 31.1 Å². The highest BCUT2D eigenvalue weighted by Crippen LogP contribution is 2.27. The molecule has 3 atom stereocenters. The van der Waals surface area contributed by atoms with Gasteiger partial charge in [-0.1, -0.05) is 24.3 Å². The van der Waals surface area contributed by atoms with Crippen LogP contribution in [-0.4, -0.2) is 93.3 Å². The Labute approximate surface area is 226 Å². The fraction of sp³-hybridized carbons (Fsp3) is 0.345. The number of hydrogen-bond acceptors (Lipinski definition) is 7. The Morgan fingerprint density at radius 2 is 1.85 bits per heavy atom. The number of rotatable bonds is 3. The fourth-order valence-electron chi connectivity index (χ4n) is 5.71. The predicted molar refractivity (Wildman–Crippen MR) is 142 cm³/mol. The first-order chi connectivity index (χ1) is 19.1. The van der Waals surface area contributed by atoms with Crippen LogP contribution in [0.5, 0.6) is 5.88 Å². The zero-order chi connectivity index (χ0) is 26.8. The molecule has 3 aliphatic heterocycles. The van der Waals surface area contributed by atoms with E-state index in [1.807, 2.05) is 35.2 Å². The minimum Gasteiger partial charge on any atom is -0.475 e. The minimum atomic E-state index is -0.415. The van der Waals surface area contributed by atoms with E-state index < -0.39 is 12.1 Å². The topological polar surface area (TPSA) is 108 Å². The zero-order valence-electron chi connectivity index (χ0n) is 21.5. The summed E-state index contributed by atoms with van der Waals surface area (Å²) >= 11 is 0. The van der Waals surface area contributed by atoms with E-state index in [1.165, 1.54) is 0 Å². The number of ether oxygens (including phenoxy) is 1. The van der Waals surface area contributed by atoms with Crippen LogP contribution in [0.2, 0.25) is 0 Å². The highest BCUT2D eigenvalue weighted by atomic mass is 16.5. The zero-order valence-corrected chi connectivity index (χ0v) is 21.5. The minimum absolute atomic E-state index is 0.0159. The largest absolute Gasteiger partial charge is 0.475 e. The van der Waals surface area contributed by atoms with Crippen molar-refractivity contribution in [3.05, 3.63) is 89.9 Å². The van der Waals surface area contributed by atoms with Crippen LogP contribution in [0.15, 0.2) is 73.2 Å². The molecule has 10 nitrogen and oxygen atoms in total. The molecule has 3 amide bonds. The van der Waals surface area contributed by atoms with Gasteiger partial charge in [0.1, 0.15) is 12.2 Å². The lowest BCUT2D eigenvalue weighted by Crippen LogP contribution is -2.61. The van der Waals surface area contributed by atoms with Crippen molar-refractivity contribution in [1.29, 1.82) is 0 Å². The van der Waals surface area contributed by atoms with Gasteiger partial charge in [-0.25, -0.2) is 4.98 Å². The van der Waals surface area contributed by atoms with E-state index in [2.05, 4.69) is 20.2 Å². The molecule has 1 aromatic carbocycles. The first-order valence-electron chi connectivity index (χ1n) is 13.2. The monoisotopic (exact) mass is 526 g/mol. The third-order valence-corrected chi connectivity index (χ3v) is 7.63. The van der Waals surface area contributed by atoms with Gasteiger partial charge in [-0.2, -0.15) is 0 Å². The number of benzene rings is 1. The Morgan fingerprint density at radius 1 is 1.00 bits per heavy atom. The lowest BCUT2D eigenvalue weighted by Gasteiger charge is -2.43. The molecule has 6 rings (SSSR count). The highest BCUT2D eigenvalue weighted by Gasteiger charge is 2.43. The van der Waals surface area contributed by atoms with Crippen LogP contribution in [0.4, 0.5) is 0 Å². The molecule has 0 spiro atoms. The SMILES string of the molecule is O=C1N[C@@H]2C[C@@H](C(=O)N3CCN(C(=O)c4ccccc4)C[C@H]3COc3ncccc31)N(Cc1cccnc1)C2. The molecule has 1 N–H and O–H groups in total. The van der Waals surface area contributed by atoms with E-state index in [0.29, 0.717) is 50.3 Å². The molecule has 2 saturated heterocycles. The van der Waals surface area contributed by atoms with Gasteiger partial charge in [0.15, 0.2) is 0 Å². The molecule has 3 aromatic rings. The van der Waals surface area contributed by atoms with Gasteiger partial charge in [0, 0.05) is 62.9 Å². The van der Waals surface area contributed by atoms with Gasteiger partial charge in [0.25, 0.3) is 11.8 Å². The number of fused-ring (bicyclic) bond motifs is 4. The predicted octanol–water partition coefficient (Wildman–Crippen LogP) is 1.60. The Hall–Kier alpha value is -4.31. The molecule has 39 heavy (non-hydrogen) atoms. The summed E-state index contributed by atoms with van der Waals surface area (Å²) in [5, 5.41) is 3.09. The van der Waals surface area contributed by atoms with Crippen LogP contribution < -0.4 is 10.1 Å². The Morgan fingerprint density at radius 3 is 2.67 bits per heavy atom. The standard InChI is InChI=1S/C29H30N6O4/c36-26-24-9-5-11-31-27(24)39-19-23-18-33(28(37)21-7-2-1-3-8-21)12-13-35(23)29(38)25-14-22(32-26)17-34(25)16-20-6-4-10-30-15-20/h1-11,15,22-23,25H,12-14,16-19H2,(H,32,36)/t22-,23+,25+/m1/s1. The second-order valence-corrected chi connectivity index (χ2v) is 10.2. The van der Waals surface area contributed by atoms with Gasteiger partial charge in [-0.05, 0) is 42.3 Å². The molecule has 0 saturated carbocycles. The number of pyridine rings is 2. The van der Waals surface area contributed by atoms with Crippen molar-refractivity contribution in [2.24, 2.45) is 0 Å². The van der Waals surface area contributed by atoms with Gasteiger partial charge >= 0.3 is 0 Å². The summed E-state index contributed by atoms with van der Waals surface area (Å²) in [5.74, 6) is -0.153. The number of nitrogens with zero attached hydrogens (tertiary/aromatic N) is 5. The number of nitrogens with one attached hydrogen (secondary N) is 1. The number of hydrogen-bond donors (Lipinski definition) is 1. The van der Waals surface area contributed by atoms with E-state index in [9.17, 15) is 14.4 Å². The van der Waals surface area contributed by atoms with Gasteiger partial charge in [0.05, 0.1) is 12.1 Å². The normalized spacial score (nSPS) is 23.5. The summed E-state index contributed by atoms with van der Waals surface area (Å²) in [4.78, 5) is 54.9. The molecule has 2 bridgehead atoms. The average Bonchev–Trinajstić information content (AvgIpc) is 3.37. The van der Waals surface area contributed by atoms with Crippen molar-refractivity contribution >= 4 is 17.7 Å². The molecule has 200 valence electrons. The Bertz CT molecular complexity index is 1350. The summed E-state index contributed by atoms with van der Waals surface area (Å²) in [7, 11) is 0. The lowest BCUT2D eigenvalue weighted by molar-refractivity contribution is -0.141. The summed E-state index contributed by atoms with van der Waals surface area (Å²) in [6, 6.07) is 15.4. The molecular weight excluding hydrogens is 496 g/mol. The summed E-state index contributed by atoms with van der Waals surface area (Å²) in [5.41, 5.74) is 1.96. The summed E-state index contributed by atoms with van der Waals surface area (Å²) in [6.45, 7) is 2.34. The van der Waals surface area contributed by atoms with Crippen molar-refractivity contribution in [1.82, 2.24) is 30.0 Å². The molecule has 5 heterocycles. The Kier molecular flexibility index (Phi) is 6.93. The lowest BCUT2D eigenvalue weighted by atomic mass is 10.1. The van der Waals surface area contributed by atoms with Crippen LogP contribution in [0.3, 0.4) is 0 Å². The fourth-order valence-corrected chi connectivity index (χ4v) is 5.71. The third-order valence-electron chi connectivity index (χ3n) is 7.63. The average molecular weight is 527 g/mol. The number of carbonyl (C=O) groups excluding carboxylic acids is 3. The Balaban J connectivity index is 1.31. The highest BCUT2D eigenvalue weighted by molar-refractivity contribution is 5.97. The second kappa shape index (κ2) is 10.8. The second-order valence-electron chi connectivity index (χ2n) is 10.2. The van der Waals surface area contributed by atoms with Gasteiger partial charge in [-0.3, -0.25) is 24.3 Å². The molecule has 0 aliphatic carbocycles. The van der Waals surface area contributed by atoms with Crippen LogP contribution >= 0.6 is 0 Å². The van der Waals surface area contributed by atoms with E-state index in [1.54, 1.807) is 47.8 Å². The molecule has 3 aliphatic rings. The maximum absolute atomic E-state index is 14.1. The first kappa shape index (κ1) is 25.0. The van der Waals surface area contributed by atoms with Crippen molar-refractivity contribution in [2.75, 3.05) is 32.8 Å². The number of likely N-dealkylation sites (tertiary alicyclic amines) is 1. The number of carbonyl (C=O) groups is 3. The van der Waals surface area contributed by atoms with Crippen LogP contribution in [0.25, 0.3) is 0 Å². The van der Waals surface area contributed by atoms with Gasteiger partial charge in [0.2, 0.25) is 11.8 Å². The maximum atomic E-state index is 14.1. The van der Waals surface area contributed by atoms with E-state index in [-0.39, 0.29) is 36.3 Å². The van der Waals surface area contributed by atoms with Crippen molar-refractivity contribution < 1.29 is 19.1 Å². The molecule has 10 heteroatoms. The van der Waals surface area contributed by atoms with Crippen molar-refractivity contribution in [3.8, 4) is 5.88 Å². The van der Waals surface area contributed by atoms with E-state index in [0.717, 1.165) is 5.56 Å². The van der Waals surface area contributed by atoms with E-state index >= 15 is 0 Å². The summed E-state index contributed by atoms with van der Waals surface area (Å²) < 4.78 is 6.07. The smallest absolute Gasteiger partial charge is 0.257 e. The molecular formula is C29H30N6O4. The van der Waals surface area contributed by atoms with Crippen LogP contribution in [0.1, 0.15) is 32.7 Å². The third kappa shape index (κ3) is 5.20. The molecule has 2 fully saturated rings. The number of amides is 3. The first-order valence-corrected chi connectivity index (χ1v) is 13.2. The molecule has 0 radical (unpaired) electrons. The quantitative estimate of drug-likeness (QED) is 0.552. The maximum Gasteiger partial charge on any atom is 0.257 e. The van der Waals surface area contributed by atoms with Gasteiger partial charge in [-0.15, -0.1) is 0 Å². The molecule has 0 unspecified atom stereocenters.